The van der Waals surface area contributed by atoms with Gasteiger partial charge in [-0.2, -0.15) is 9.61 Å². The first-order valence-corrected chi connectivity index (χ1v) is 9.39. The molecule has 1 saturated carbocycles. The second-order valence-electron chi connectivity index (χ2n) is 7.05. The van der Waals surface area contributed by atoms with E-state index >= 15 is 0 Å². The van der Waals surface area contributed by atoms with Crippen LogP contribution in [-0.4, -0.2) is 45.2 Å². The molecule has 4 rings (SSSR count). The maximum absolute atomic E-state index is 9.67. The molecule has 0 aliphatic heterocycles. The van der Waals surface area contributed by atoms with Gasteiger partial charge in [-0.05, 0) is 29.9 Å². The molecule has 3 heterocycles. The number of hydrogen-bond acceptors (Lipinski definition) is 6. The van der Waals surface area contributed by atoms with Crippen LogP contribution in [0.4, 0.5) is 11.6 Å². The summed E-state index contributed by atoms with van der Waals surface area (Å²) in [5.41, 5.74) is 2.22. The lowest BCUT2D eigenvalue weighted by atomic mass is 9.85. The lowest BCUT2D eigenvalue weighted by Crippen LogP contribution is -2.34. The molecule has 8 heteroatoms. The van der Waals surface area contributed by atoms with Crippen molar-refractivity contribution in [2.45, 2.75) is 38.3 Å². The van der Waals surface area contributed by atoms with Crippen molar-refractivity contribution in [2.75, 3.05) is 17.2 Å². The molecule has 27 heavy (non-hydrogen) atoms. The summed E-state index contributed by atoms with van der Waals surface area (Å²) in [6.45, 7) is 0.815. The number of aromatic nitrogens is 4. The highest BCUT2D eigenvalue weighted by Crippen LogP contribution is 2.27. The fourth-order valence-electron chi connectivity index (χ4n) is 3.68. The number of anilines is 2. The van der Waals surface area contributed by atoms with Gasteiger partial charge in [0, 0.05) is 49.8 Å². The molecule has 138 valence electrons. The Morgan fingerprint density at radius 3 is 2.96 bits per heavy atom. The van der Waals surface area contributed by atoms with Gasteiger partial charge in [-0.3, -0.25) is 4.98 Å². The van der Waals surface area contributed by atoms with Crippen molar-refractivity contribution in [1.82, 2.24) is 19.6 Å². The van der Waals surface area contributed by atoms with Crippen LogP contribution in [0.25, 0.3) is 5.65 Å². The number of aliphatic hydroxyl groups is 1. The average Bonchev–Trinajstić information content (AvgIpc) is 3.08. The van der Waals surface area contributed by atoms with E-state index in [4.69, 9.17) is 7.85 Å². The molecule has 3 aromatic heterocycles. The van der Waals surface area contributed by atoms with E-state index in [2.05, 4.69) is 25.7 Å². The third-order valence-corrected chi connectivity index (χ3v) is 5.17. The summed E-state index contributed by atoms with van der Waals surface area (Å²) in [4.78, 5) is 8.79. The second kappa shape index (κ2) is 7.96. The molecular formula is C19H23BN6O. The van der Waals surface area contributed by atoms with Gasteiger partial charge in [0.1, 0.15) is 19.5 Å². The number of nitrogens with zero attached hydrogens (tertiary/aromatic N) is 4. The van der Waals surface area contributed by atoms with Crippen molar-refractivity contribution in [3.8, 4) is 0 Å². The van der Waals surface area contributed by atoms with Crippen molar-refractivity contribution in [2.24, 2.45) is 5.92 Å². The van der Waals surface area contributed by atoms with Crippen molar-refractivity contribution < 1.29 is 5.11 Å². The van der Waals surface area contributed by atoms with Crippen LogP contribution in [0.1, 0.15) is 31.2 Å². The number of nitrogens with one attached hydrogen (secondary N) is 2. The summed E-state index contributed by atoms with van der Waals surface area (Å²) in [6, 6.07) is 6.09. The molecule has 2 radical (unpaired) electrons. The maximum atomic E-state index is 9.67. The van der Waals surface area contributed by atoms with Gasteiger partial charge in [0.25, 0.3) is 0 Å². The molecule has 7 nitrogen and oxygen atoms in total. The van der Waals surface area contributed by atoms with E-state index in [1.165, 1.54) is 6.42 Å². The van der Waals surface area contributed by atoms with Crippen LogP contribution >= 0.6 is 0 Å². The van der Waals surface area contributed by atoms with Gasteiger partial charge >= 0.3 is 0 Å². The third kappa shape index (κ3) is 3.90. The van der Waals surface area contributed by atoms with Crippen LogP contribution in [0.2, 0.25) is 0 Å². The topological polar surface area (TPSA) is 87.4 Å². The lowest BCUT2D eigenvalue weighted by molar-refractivity contribution is 0.178. The smallest absolute Gasteiger partial charge is 0.152 e. The summed E-state index contributed by atoms with van der Waals surface area (Å²) in [7, 11) is 6.06. The van der Waals surface area contributed by atoms with E-state index in [0.717, 1.165) is 36.5 Å². The van der Waals surface area contributed by atoms with Crippen LogP contribution in [0.3, 0.4) is 0 Å². The number of fused-ring (bicyclic) bond motifs is 1. The first-order valence-electron chi connectivity index (χ1n) is 9.39. The van der Waals surface area contributed by atoms with Crippen molar-refractivity contribution in [1.29, 1.82) is 0 Å². The molecule has 0 saturated heterocycles. The molecule has 1 aliphatic rings. The van der Waals surface area contributed by atoms with Crippen LogP contribution in [-0.2, 0) is 6.54 Å². The van der Waals surface area contributed by atoms with E-state index < -0.39 is 0 Å². The SMILES string of the molecule is [B]c1cnn2c(NCc3cccnc3)cc(N[C@@H]3CCCC[C@@H]3CO)nc12. The predicted molar refractivity (Wildman–Crippen MR) is 106 cm³/mol. The van der Waals surface area contributed by atoms with E-state index in [-0.39, 0.29) is 18.6 Å². The molecule has 0 spiro atoms. The Labute approximate surface area is 159 Å². The lowest BCUT2D eigenvalue weighted by Gasteiger charge is -2.31. The number of rotatable bonds is 6. The molecule has 2 atom stereocenters. The molecule has 0 amide bonds. The summed E-state index contributed by atoms with van der Waals surface area (Å²) >= 11 is 0. The monoisotopic (exact) mass is 362 g/mol. The van der Waals surface area contributed by atoms with Gasteiger partial charge in [-0.25, -0.2) is 4.98 Å². The molecule has 3 N–H and O–H groups in total. The Balaban J connectivity index is 1.60. The molecule has 0 unspecified atom stereocenters. The second-order valence-corrected chi connectivity index (χ2v) is 7.05. The fraction of sp³-hybridized carbons (Fsp3) is 0.421. The molecule has 3 aromatic rings. The van der Waals surface area contributed by atoms with Gasteiger partial charge < -0.3 is 15.7 Å². The van der Waals surface area contributed by atoms with Gasteiger partial charge in [-0.1, -0.05) is 18.9 Å². The zero-order valence-electron chi connectivity index (χ0n) is 15.2. The minimum absolute atomic E-state index is 0.195. The molecule has 1 aliphatic carbocycles. The van der Waals surface area contributed by atoms with Crippen molar-refractivity contribution >= 4 is 30.6 Å². The molecule has 0 bridgehead atoms. The zero-order valence-corrected chi connectivity index (χ0v) is 15.2. The van der Waals surface area contributed by atoms with Crippen LogP contribution in [0.15, 0.2) is 36.8 Å². The standard InChI is InChI=1S/C19H23BN6O/c20-15-11-23-26-18(22-10-13-4-3-7-21-9-13)8-17(25-19(15)26)24-16-6-2-1-5-14(16)12-27/h3-4,7-9,11,14,16,22,27H,1-2,5-6,10,12H2,(H,24,25)/t14-,16-/m1/s1. The quantitative estimate of drug-likeness (QED) is 0.576. The van der Waals surface area contributed by atoms with Crippen LogP contribution in [0.5, 0.6) is 0 Å². The minimum Gasteiger partial charge on any atom is -0.396 e. The zero-order chi connectivity index (χ0) is 18.6. The van der Waals surface area contributed by atoms with Crippen LogP contribution < -0.4 is 16.1 Å². The Bertz CT molecular complexity index is 900. The average molecular weight is 362 g/mol. The van der Waals surface area contributed by atoms with E-state index in [0.29, 0.717) is 17.7 Å². The molecular weight excluding hydrogens is 339 g/mol. The fourth-order valence-corrected chi connectivity index (χ4v) is 3.68. The van der Waals surface area contributed by atoms with Gasteiger partial charge in [-0.15, -0.1) is 0 Å². The van der Waals surface area contributed by atoms with Crippen molar-refractivity contribution in [3.63, 3.8) is 0 Å². The normalized spacial score (nSPS) is 19.9. The Morgan fingerprint density at radius 1 is 1.26 bits per heavy atom. The first kappa shape index (κ1) is 17.8. The summed E-state index contributed by atoms with van der Waals surface area (Å²) in [6.07, 6.45) is 9.60. The maximum Gasteiger partial charge on any atom is 0.152 e. The van der Waals surface area contributed by atoms with Gasteiger partial charge in [0.05, 0.1) is 0 Å². The van der Waals surface area contributed by atoms with Gasteiger partial charge in [0.2, 0.25) is 0 Å². The summed E-state index contributed by atoms with van der Waals surface area (Å²) in [5, 5.41) is 20.9. The predicted octanol–water partition coefficient (Wildman–Crippen LogP) is 1.49. The van der Waals surface area contributed by atoms with E-state index in [1.54, 1.807) is 16.9 Å². The van der Waals surface area contributed by atoms with Crippen molar-refractivity contribution in [3.05, 3.63) is 42.4 Å². The highest BCUT2D eigenvalue weighted by molar-refractivity contribution is 6.36. The summed E-state index contributed by atoms with van der Waals surface area (Å²) in [5.74, 6) is 1.80. The molecule has 1 fully saturated rings. The Hall–Kier alpha value is -2.61. The number of hydrogen-bond donors (Lipinski definition) is 3. The molecule has 0 aromatic carbocycles. The van der Waals surface area contributed by atoms with Crippen LogP contribution in [0, 0.1) is 5.92 Å². The summed E-state index contributed by atoms with van der Waals surface area (Å²) < 4.78 is 1.71. The minimum atomic E-state index is 0.195. The Kier molecular flexibility index (Phi) is 5.24. The first-order chi connectivity index (χ1) is 13.2. The highest BCUT2D eigenvalue weighted by atomic mass is 16.3. The van der Waals surface area contributed by atoms with E-state index in [9.17, 15) is 5.11 Å². The highest BCUT2D eigenvalue weighted by Gasteiger charge is 2.25. The van der Waals surface area contributed by atoms with Gasteiger partial charge in [0.15, 0.2) is 5.65 Å². The Morgan fingerprint density at radius 2 is 2.15 bits per heavy atom. The number of aliphatic hydroxyl groups excluding tert-OH is 1. The third-order valence-electron chi connectivity index (χ3n) is 5.17. The van der Waals surface area contributed by atoms with E-state index in [1.807, 2.05) is 24.4 Å². The largest absolute Gasteiger partial charge is 0.396 e. The number of pyridine rings is 1.